The predicted molar refractivity (Wildman–Crippen MR) is 93.5 cm³/mol. The molecule has 1 aliphatic rings. The summed E-state index contributed by atoms with van der Waals surface area (Å²) in [5, 5.41) is 12.7. The van der Waals surface area contributed by atoms with Crippen molar-refractivity contribution in [1.82, 2.24) is 10.2 Å². The molecule has 1 aromatic carbocycles. The summed E-state index contributed by atoms with van der Waals surface area (Å²) in [4.78, 5) is 26.5. The normalized spacial score (nSPS) is 21.6. The number of hydrogen-bond acceptors (Lipinski definition) is 3. The number of carbonyl (C=O) groups excluding carboxylic acids is 1. The van der Waals surface area contributed by atoms with Gasteiger partial charge in [-0.2, -0.15) is 0 Å². The van der Waals surface area contributed by atoms with Crippen molar-refractivity contribution < 1.29 is 14.7 Å². The minimum absolute atomic E-state index is 0.120. The summed E-state index contributed by atoms with van der Waals surface area (Å²) in [6, 6.07) is 10.0. The van der Waals surface area contributed by atoms with E-state index in [0.717, 1.165) is 31.4 Å². The zero-order chi connectivity index (χ0) is 17.6. The first kappa shape index (κ1) is 18.5. The molecule has 0 bridgehead atoms. The van der Waals surface area contributed by atoms with E-state index in [2.05, 4.69) is 10.2 Å². The maximum Gasteiger partial charge on any atom is 0.330 e. The number of piperidine rings is 1. The molecule has 5 nitrogen and oxygen atoms in total. The van der Waals surface area contributed by atoms with Gasteiger partial charge in [-0.3, -0.25) is 9.69 Å². The lowest BCUT2D eigenvalue weighted by molar-refractivity contribution is -0.151. The minimum atomic E-state index is -1.17. The molecule has 132 valence electrons. The van der Waals surface area contributed by atoms with Crippen molar-refractivity contribution in [3.8, 4) is 0 Å². The third-order valence-corrected chi connectivity index (χ3v) is 4.95. The first-order valence-corrected chi connectivity index (χ1v) is 8.82. The van der Waals surface area contributed by atoms with Gasteiger partial charge in [-0.25, -0.2) is 4.79 Å². The highest BCUT2D eigenvalue weighted by molar-refractivity contribution is 5.88. The number of nitrogens with zero attached hydrogens (tertiary/aromatic N) is 1. The molecule has 24 heavy (non-hydrogen) atoms. The Hall–Kier alpha value is -1.88. The molecule has 2 rings (SSSR count). The van der Waals surface area contributed by atoms with Gasteiger partial charge in [-0.05, 0) is 37.8 Å². The SMILES string of the molecule is CCC(CC)C(=O)NC1(C(=O)O)CCCN(Cc2ccccc2)C1. The fraction of sp³-hybridized carbons (Fsp3) is 0.579. The maximum absolute atomic E-state index is 12.5. The zero-order valence-electron chi connectivity index (χ0n) is 14.6. The molecule has 0 aromatic heterocycles. The first-order chi connectivity index (χ1) is 11.5. The van der Waals surface area contributed by atoms with Crippen LogP contribution >= 0.6 is 0 Å². The monoisotopic (exact) mass is 332 g/mol. The Labute approximate surface area is 144 Å². The summed E-state index contributed by atoms with van der Waals surface area (Å²) in [7, 11) is 0. The van der Waals surface area contributed by atoms with Crippen molar-refractivity contribution in [3.05, 3.63) is 35.9 Å². The minimum Gasteiger partial charge on any atom is -0.479 e. The van der Waals surface area contributed by atoms with E-state index in [-0.39, 0.29) is 11.8 Å². The number of hydrogen-bond donors (Lipinski definition) is 2. The number of aliphatic carboxylic acids is 1. The van der Waals surface area contributed by atoms with Gasteiger partial charge in [-0.15, -0.1) is 0 Å². The Balaban J connectivity index is 2.10. The molecule has 1 aromatic rings. The molecular formula is C19H28N2O3. The largest absolute Gasteiger partial charge is 0.479 e. The van der Waals surface area contributed by atoms with Crippen LogP contribution in [0.3, 0.4) is 0 Å². The molecular weight excluding hydrogens is 304 g/mol. The summed E-state index contributed by atoms with van der Waals surface area (Å²) < 4.78 is 0. The van der Waals surface area contributed by atoms with Gasteiger partial charge in [0.1, 0.15) is 0 Å². The fourth-order valence-corrected chi connectivity index (χ4v) is 3.45. The molecule has 2 N–H and O–H groups in total. The van der Waals surface area contributed by atoms with Crippen molar-refractivity contribution in [2.24, 2.45) is 5.92 Å². The van der Waals surface area contributed by atoms with Crippen LogP contribution in [0.2, 0.25) is 0 Å². The van der Waals surface area contributed by atoms with Crippen LogP contribution in [0.5, 0.6) is 0 Å². The molecule has 0 saturated carbocycles. The molecule has 1 saturated heterocycles. The summed E-state index contributed by atoms with van der Waals surface area (Å²) >= 11 is 0. The van der Waals surface area contributed by atoms with E-state index in [4.69, 9.17) is 0 Å². The number of carboxylic acid groups (broad SMARTS) is 1. The Morgan fingerprint density at radius 2 is 1.92 bits per heavy atom. The number of amides is 1. The summed E-state index contributed by atoms with van der Waals surface area (Å²) in [5.74, 6) is -1.19. The lowest BCUT2D eigenvalue weighted by atomic mass is 9.87. The molecule has 1 atom stereocenters. The van der Waals surface area contributed by atoms with Crippen molar-refractivity contribution >= 4 is 11.9 Å². The van der Waals surface area contributed by atoms with Crippen LogP contribution < -0.4 is 5.32 Å². The molecule has 1 fully saturated rings. The van der Waals surface area contributed by atoms with E-state index in [1.54, 1.807) is 0 Å². The lowest BCUT2D eigenvalue weighted by Crippen LogP contribution is -2.63. The average molecular weight is 332 g/mol. The smallest absolute Gasteiger partial charge is 0.330 e. The van der Waals surface area contributed by atoms with Gasteiger partial charge in [0.15, 0.2) is 5.54 Å². The van der Waals surface area contributed by atoms with Gasteiger partial charge in [0.25, 0.3) is 0 Å². The van der Waals surface area contributed by atoms with Crippen molar-refractivity contribution in [2.75, 3.05) is 13.1 Å². The second-order valence-electron chi connectivity index (χ2n) is 6.69. The second-order valence-corrected chi connectivity index (χ2v) is 6.69. The standard InChI is InChI=1S/C19H28N2O3/c1-3-16(4-2)17(22)20-19(18(23)24)11-8-12-21(14-19)13-15-9-6-5-7-10-15/h5-7,9-10,16H,3-4,8,11-14H2,1-2H3,(H,20,22)(H,23,24). The van der Waals surface area contributed by atoms with E-state index >= 15 is 0 Å². The Morgan fingerprint density at radius 1 is 1.25 bits per heavy atom. The van der Waals surface area contributed by atoms with Crippen LogP contribution in [0.25, 0.3) is 0 Å². The maximum atomic E-state index is 12.5. The number of carbonyl (C=O) groups is 2. The zero-order valence-corrected chi connectivity index (χ0v) is 14.6. The topological polar surface area (TPSA) is 69.6 Å². The van der Waals surface area contributed by atoms with E-state index in [1.165, 1.54) is 0 Å². The van der Waals surface area contributed by atoms with Crippen LogP contribution in [0.4, 0.5) is 0 Å². The number of benzene rings is 1. The van der Waals surface area contributed by atoms with Gasteiger partial charge in [0.2, 0.25) is 5.91 Å². The van der Waals surface area contributed by atoms with Gasteiger partial charge < -0.3 is 10.4 Å². The lowest BCUT2D eigenvalue weighted by Gasteiger charge is -2.41. The molecule has 0 radical (unpaired) electrons. The highest BCUT2D eigenvalue weighted by Gasteiger charge is 2.44. The van der Waals surface area contributed by atoms with Crippen LogP contribution in [0.1, 0.15) is 45.1 Å². The first-order valence-electron chi connectivity index (χ1n) is 8.82. The molecule has 1 aliphatic heterocycles. The van der Waals surface area contributed by atoms with Gasteiger partial charge in [0, 0.05) is 19.0 Å². The molecule has 0 aliphatic carbocycles. The van der Waals surface area contributed by atoms with Gasteiger partial charge in [0.05, 0.1) is 0 Å². The van der Waals surface area contributed by atoms with Crippen LogP contribution in [-0.2, 0) is 16.1 Å². The van der Waals surface area contributed by atoms with E-state index in [9.17, 15) is 14.7 Å². The van der Waals surface area contributed by atoms with E-state index < -0.39 is 11.5 Å². The number of rotatable bonds is 7. The third kappa shape index (κ3) is 4.35. The van der Waals surface area contributed by atoms with Gasteiger partial charge >= 0.3 is 5.97 Å². The van der Waals surface area contributed by atoms with Crippen LogP contribution in [0.15, 0.2) is 30.3 Å². The second kappa shape index (κ2) is 8.29. The van der Waals surface area contributed by atoms with Crippen molar-refractivity contribution in [3.63, 3.8) is 0 Å². The predicted octanol–water partition coefficient (Wildman–Crippen LogP) is 2.66. The Bertz CT molecular complexity index is 557. The van der Waals surface area contributed by atoms with Crippen LogP contribution in [-0.4, -0.2) is 40.5 Å². The molecule has 1 heterocycles. The number of nitrogens with one attached hydrogen (secondary N) is 1. The molecule has 1 amide bonds. The molecule has 0 spiro atoms. The Kier molecular flexibility index (Phi) is 6.37. The van der Waals surface area contributed by atoms with E-state index in [1.807, 2.05) is 44.2 Å². The van der Waals surface area contributed by atoms with Gasteiger partial charge in [-0.1, -0.05) is 44.2 Å². The average Bonchev–Trinajstić information content (AvgIpc) is 2.57. The summed E-state index contributed by atoms with van der Waals surface area (Å²) in [5.41, 5.74) is -0.0165. The third-order valence-electron chi connectivity index (χ3n) is 4.95. The quantitative estimate of drug-likeness (QED) is 0.805. The highest BCUT2D eigenvalue weighted by atomic mass is 16.4. The highest BCUT2D eigenvalue weighted by Crippen LogP contribution is 2.24. The van der Waals surface area contributed by atoms with Crippen molar-refractivity contribution in [2.45, 2.75) is 51.6 Å². The summed E-state index contributed by atoms with van der Waals surface area (Å²) in [6.45, 7) is 5.83. The Morgan fingerprint density at radius 3 is 2.50 bits per heavy atom. The summed E-state index contributed by atoms with van der Waals surface area (Å²) in [6.07, 6.45) is 2.71. The van der Waals surface area contributed by atoms with Crippen molar-refractivity contribution in [1.29, 1.82) is 0 Å². The fourth-order valence-electron chi connectivity index (χ4n) is 3.45. The van der Waals surface area contributed by atoms with E-state index in [0.29, 0.717) is 19.5 Å². The number of likely N-dealkylation sites (tertiary alicyclic amines) is 1. The molecule has 5 heteroatoms. The number of carboxylic acids is 1. The molecule has 1 unspecified atom stereocenters. The van der Waals surface area contributed by atoms with Crippen LogP contribution in [0, 0.1) is 5.92 Å².